The molecule has 0 aromatic carbocycles. The summed E-state index contributed by atoms with van der Waals surface area (Å²) < 4.78 is 0. The summed E-state index contributed by atoms with van der Waals surface area (Å²) >= 11 is 4.73. The van der Waals surface area contributed by atoms with E-state index in [1.54, 1.807) is 0 Å². The zero-order valence-electron chi connectivity index (χ0n) is 4.23. The van der Waals surface area contributed by atoms with Crippen LogP contribution in [-0.4, -0.2) is 10.9 Å². The number of hydrazine groups is 1. The minimum Gasteiger partial charge on any atom is -0.292 e. The van der Waals surface area contributed by atoms with Gasteiger partial charge >= 0.3 is 0 Å². The van der Waals surface area contributed by atoms with Crippen LogP contribution in [0.15, 0.2) is 0 Å². The van der Waals surface area contributed by atoms with Crippen molar-refractivity contribution in [2.24, 2.45) is 0 Å². The highest BCUT2D eigenvalue weighted by molar-refractivity contribution is 7.80. The Bertz CT molecular complexity index is 106. The van der Waals surface area contributed by atoms with Crippen molar-refractivity contribution in [2.75, 3.05) is 0 Å². The monoisotopic (exact) mass is 130 g/mol. The maximum absolute atomic E-state index is 10.4. The van der Waals surface area contributed by atoms with E-state index in [2.05, 4.69) is 10.9 Å². The van der Waals surface area contributed by atoms with Gasteiger partial charge in [-0.2, -0.15) is 0 Å². The molecule has 4 heteroatoms. The number of carbonyl (C=O) groups is 1. The number of thiocarbonyl (C=S) groups is 1. The zero-order chi connectivity index (χ0) is 5.98. The first-order valence-corrected chi connectivity index (χ1v) is 2.77. The number of carbonyl (C=O) groups excluding carboxylic acids is 1. The molecule has 0 radical (unpaired) electrons. The molecule has 0 unspecified atom stereocenters. The van der Waals surface area contributed by atoms with Gasteiger partial charge in [-0.3, -0.25) is 15.6 Å². The first kappa shape index (κ1) is 5.50. The fourth-order valence-corrected chi connectivity index (χ4v) is 0.645. The highest BCUT2D eigenvalue weighted by Crippen LogP contribution is 1.93. The van der Waals surface area contributed by atoms with Crippen LogP contribution in [-0.2, 0) is 4.79 Å². The average molecular weight is 130 g/mol. The molecule has 0 aliphatic carbocycles. The van der Waals surface area contributed by atoms with Gasteiger partial charge in [-0.15, -0.1) is 0 Å². The summed E-state index contributed by atoms with van der Waals surface area (Å²) in [5, 5.41) is 0. The van der Waals surface area contributed by atoms with Crippen LogP contribution in [0.4, 0.5) is 0 Å². The topological polar surface area (TPSA) is 41.1 Å². The summed E-state index contributed by atoms with van der Waals surface area (Å²) in [6.45, 7) is 0. The van der Waals surface area contributed by atoms with Gasteiger partial charge in [0.2, 0.25) is 5.91 Å². The van der Waals surface area contributed by atoms with Crippen LogP contribution >= 0.6 is 12.2 Å². The standard InChI is InChI=1S/C4H6N2OS/c7-3-1-2-4(8)6-5-3/h1-2H2,(H,5,7)(H,6,8). The van der Waals surface area contributed by atoms with E-state index in [9.17, 15) is 4.79 Å². The van der Waals surface area contributed by atoms with Crippen molar-refractivity contribution >= 4 is 23.1 Å². The van der Waals surface area contributed by atoms with Gasteiger partial charge in [0.25, 0.3) is 0 Å². The molecule has 0 atom stereocenters. The molecule has 1 fully saturated rings. The predicted molar refractivity (Wildman–Crippen MR) is 33.1 cm³/mol. The second-order valence-corrected chi connectivity index (χ2v) is 2.09. The minimum atomic E-state index is 0.0126. The molecule has 2 N–H and O–H groups in total. The van der Waals surface area contributed by atoms with Gasteiger partial charge < -0.3 is 0 Å². The van der Waals surface area contributed by atoms with Crippen molar-refractivity contribution in [1.29, 1.82) is 0 Å². The van der Waals surface area contributed by atoms with Crippen molar-refractivity contribution in [3.63, 3.8) is 0 Å². The molecule has 1 saturated heterocycles. The van der Waals surface area contributed by atoms with Crippen LogP contribution in [0.2, 0.25) is 0 Å². The van der Waals surface area contributed by atoms with E-state index in [4.69, 9.17) is 12.2 Å². The summed E-state index contributed by atoms with van der Waals surface area (Å²) in [5.74, 6) is 0.0126. The third-order valence-electron chi connectivity index (χ3n) is 0.920. The Morgan fingerprint density at radius 1 is 1.38 bits per heavy atom. The summed E-state index contributed by atoms with van der Waals surface area (Å²) in [4.78, 5) is 11.1. The summed E-state index contributed by atoms with van der Waals surface area (Å²) in [6.07, 6.45) is 1.20. The lowest BCUT2D eigenvalue weighted by Crippen LogP contribution is -2.45. The van der Waals surface area contributed by atoms with E-state index < -0.39 is 0 Å². The van der Waals surface area contributed by atoms with Gasteiger partial charge in [0.05, 0.1) is 4.99 Å². The molecule has 0 aromatic heterocycles. The van der Waals surface area contributed by atoms with Crippen LogP contribution in [0.25, 0.3) is 0 Å². The first-order chi connectivity index (χ1) is 3.79. The quantitative estimate of drug-likeness (QED) is 0.443. The van der Waals surface area contributed by atoms with Crippen molar-refractivity contribution in [1.82, 2.24) is 10.9 Å². The smallest absolute Gasteiger partial charge is 0.238 e. The lowest BCUT2D eigenvalue weighted by atomic mass is 10.3. The Balaban J connectivity index is 2.40. The number of hydrogen-bond acceptors (Lipinski definition) is 2. The molecular formula is C4H6N2OS. The van der Waals surface area contributed by atoms with E-state index >= 15 is 0 Å². The SMILES string of the molecule is O=C1CCC(=S)NN1. The van der Waals surface area contributed by atoms with Gasteiger partial charge in [-0.25, -0.2) is 0 Å². The fourth-order valence-electron chi connectivity index (χ4n) is 0.491. The molecule has 1 aliphatic rings. The van der Waals surface area contributed by atoms with Crippen LogP contribution in [0.5, 0.6) is 0 Å². The minimum absolute atomic E-state index is 0.0126. The van der Waals surface area contributed by atoms with Gasteiger partial charge in [-0.05, 0) is 0 Å². The molecular weight excluding hydrogens is 124 g/mol. The highest BCUT2D eigenvalue weighted by atomic mass is 32.1. The maximum Gasteiger partial charge on any atom is 0.238 e. The largest absolute Gasteiger partial charge is 0.292 e. The molecule has 1 aliphatic heterocycles. The highest BCUT2D eigenvalue weighted by Gasteiger charge is 2.08. The van der Waals surface area contributed by atoms with Crippen LogP contribution in [0, 0.1) is 0 Å². The Morgan fingerprint density at radius 2 is 2.12 bits per heavy atom. The molecule has 1 amide bonds. The van der Waals surface area contributed by atoms with Crippen LogP contribution in [0.1, 0.15) is 12.8 Å². The lowest BCUT2D eigenvalue weighted by molar-refractivity contribution is -0.122. The van der Waals surface area contributed by atoms with E-state index in [-0.39, 0.29) is 5.91 Å². The fraction of sp³-hybridized carbons (Fsp3) is 0.500. The second kappa shape index (κ2) is 2.09. The normalized spacial score (nSPS) is 19.5. The molecule has 8 heavy (non-hydrogen) atoms. The Kier molecular flexibility index (Phi) is 1.43. The van der Waals surface area contributed by atoms with E-state index in [1.165, 1.54) is 0 Å². The third kappa shape index (κ3) is 1.16. The molecule has 0 aromatic rings. The number of rotatable bonds is 0. The Hall–Kier alpha value is -0.640. The average Bonchev–Trinajstić information content (AvgIpc) is 1.77. The van der Waals surface area contributed by atoms with Gasteiger partial charge in [0.1, 0.15) is 0 Å². The molecule has 1 rings (SSSR count). The third-order valence-corrected chi connectivity index (χ3v) is 1.23. The number of hydrogen-bond donors (Lipinski definition) is 2. The van der Waals surface area contributed by atoms with Gasteiger partial charge in [0.15, 0.2) is 0 Å². The van der Waals surface area contributed by atoms with Gasteiger partial charge in [0, 0.05) is 12.8 Å². The van der Waals surface area contributed by atoms with Crippen LogP contribution in [0.3, 0.4) is 0 Å². The van der Waals surface area contributed by atoms with E-state index in [1.807, 2.05) is 0 Å². The second-order valence-electron chi connectivity index (χ2n) is 1.60. The van der Waals surface area contributed by atoms with E-state index in [0.29, 0.717) is 17.8 Å². The van der Waals surface area contributed by atoms with Gasteiger partial charge in [-0.1, -0.05) is 12.2 Å². The summed E-state index contributed by atoms with van der Waals surface area (Å²) in [7, 11) is 0. The molecule has 3 nitrogen and oxygen atoms in total. The summed E-state index contributed by atoms with van der Waals surface area (Å²) in [5.41, 5.74) is 4.97. The lowest BCUT2D eigenvalue weighted by Gasteiger charge is -2.13. The van der Waals surface area contributed by atoms with Crippen LogP contribution < -0.4 is 10.9 Å². The van der Waals surface area contributed by atoms with E-state index in [0.717, 1.165) is 0 Å². The number of nitrogens with one attached hydrogen (secondary N) is 2. The predicted octanol–water partition coefficient (Wildman–Crippen LogP) is -0.272. The Morgan fingerprint density at radius 3 is 2.50 bits per heavy atom. The van der Waals surface area contributed by atoms with Crippen molar-refractivity contribution in [2.45, 2.75) is 12.8 Å². The first-order valence-electron chi connectivity index (χ1n) is 2.37. The number of amides is 1. The van der Waals surface area contributed by atoms with Crippen molar-refractivity contribution in [3.8, 4) is 0 Å². The molecule has 44 valence electrons. The summed E-state index contributed by atoms with van der Waals surface area (Å²) in [6, 6.07) is 0. The molecule has 0 saturated carbocycles. The molecule has 0 bridgehead atoms. The molecule has 0 spiro atoms. The maximum atomic E-state index is 10.4. The zero-order valence-corrected chi connectivity index (χ0v) is 5.05. The molecule has 1 heterocycles. The van der Waals surface area contributed by atoms with Crippen molar-refractivity contribution in [3.05, 3.63) is 0 Å². The Labute approximate surface area is 52.4 Å². The van der Waals surface area contributed by atoms with Crippen molar-refractivity contribution < 1.29 is 4.79 Å².